The van der Waals surface area contributed by atoms with E-state index in [0.717, 1.165) is 11.4 Å². The average molecular weight is 1080 g/mol. The lowest BCUT2D eigenvalue weighted by Crippen LogP contribution is -2.61. The molecule has 2 aliphatic rings. The summed E-state index contributed by atoms with van der Waals surface area (Å²) in [6.45, 7) is 39.5. The van der Waals surface area contributed by atoms with Crippen molar-refractivity contribution < 1.29 is 0 Å². The smallest absolute Gasteiger partial charge is 0.252 e. The third kappa shape index (κ3) is 9.84. The average Bonchev–Trinajstić information content (AvgIpc) is 2.06. The van der Waals surface area contributed by atoms with Crippen LogP contribution in [0.5, 0.6) is 0 Å². The second-order valence-electron chi connectivity index (χ2n) is 27.6. The summed E-state index contributed by atoms with van der Waals surface area (Å²) in [6.07, 6.45) is 0. The highest BCUT2D eigenvalue weighted by atomic mass is 15.2. The van der Waals surface area contributed by atoms with Gasteiger partial charge in [0.05, 0.1) is 0 Å². The number of fused-ring (bicyclic) bond motifs is 4. The van der Waals surface area contributed by atoms with Crippen LogP contribution in [0.25, 0.3) is 0 Å². The highest BCUT2D eigenvalue weighted by molar-refractivity contribution is 7.00. The Morgan fingerprint density at radius 3 is 0.768 bits per heavy atom. The van der Waals surface area contributed by atoms with Crippen molar-refractivity contribution in [1.29, 1.82) is 0 Å². The molecule has 0 unspecified atom stereocenters. The van der Waals surface area contributed by atoms with E-state index in [2.05, 4.69) is 322 Å². The molecule has 2 aliphatic heterocycles. The van der Waals surface area contributed by atoms with E-state index in [1.807, 2.05) is 0 Å². The molecule has 0 saturated carbocycles. The van der Waals surface area contributed by atoms with E-state index in [9.17, 15) is 0 Å². The Kier molecular flexibility index (Phi) is 14.6. The Bertz CT molecular complexity index is 3530. The van der Waals surface area contributed by atoms with Gasteiger partial charge in [-0.2, -0.15) is 0 Å². The summed E-state index contributed by atoms with van der Waals surface area (Å²) in [6, 6.07) is 76.2. The molecule has 11 rings (SSSR count). The topological polar surface area (TPSA) is 6.48 Å². The fourth-order valence-electron chi connectivity index (χ4n) is 13.3. The summed E-state index contributed by atoms with van der Waals surface area (Å²) in [5.74, 6) is 1.93. The lowest BCUT2D eigenvalue weighted by Gasteiger charge is -2.45. The van der Waals surface area contributed by atoms with Gasteiger partial charge in [-0.15, -0.1) is 0 Å². The van der Waals surface area contributed by atoms with Crippen molar-refractivity contribution in [2.45, 2.75) is 163 Å². The lowest BCUT2D eigenvalue weighted by molar-refractivity contribution is 0.640. The molecule has 0 saturated heterocycles. The molecular formula is C79H87BN2. The first-order valence-corrected chi connectivity index (χ1v) is 30.5. The number of hydrogen-bond acceptors (Lipinski definition) is 2. The molecule has 0 N–H and O–H groups in total. The van der Waals surface area contributed by atoms with Gasteiger partial charge < -0.3 is 9.80 Å². The lowest BCUT2D eigenvalue weighted by atomic mass is 9.33. The van der Waals surface area contributed by atoms with E-state index in [0.29, 0.717) is 23.7 Å². The second-order valence-corrected chi connectivity index (χ2v) is 27.6. The molecule has 9 aromatic carbocycles. The van der Waals surface area contributed by atoms with Crippen LogP contribution in [0, 0.1) is 6.92 Å². The largest absolute Gasteiger partial charge is 0.311 e. The van der Waals surface area contributed by atoms with Crippen molar-refractivity contribution in [2.24, 2.45) is 0 Å². The van der Waals surface area contributed by atoms with Crippen LogP contribution >= 0.6 is 0 Å². The van der Waals surface area contributed by atoms with Gasteiger partial charge in [0, 0.05) is 55.8 Å². The molecule has 0 atom stereocenters. The molecule has 0 fully saturated rings. The summed E-state index contributed by atoms with van der Waals surface area (Å²) in [7, 11) is 0. The highest BCUT2D eigenvalue weighted by Crippen LogP contribution is 2.48. The Morgan fingerprint density at radius 2 is 0.512 bits per heavy atom. The summed E-state index contributed by atoms with van der Waals surface area (Å²) in [5, 5.41) is 0. The summed E-state index contributed by atoms with van der Waals surface area (Å²) >= 11 is 0. The van der Waals surface area contributed by atoms with E-state index in [4.69, 9.17) is 0 Å². The first-order valence-electron chi connectivity index (χ1n) is 30.5. The third-order valence-electron chi connectivity index (χ3n) is 19.5. The first-order chi connectivity index (χ1) is 38.9. The molecule has 0 aromatic heterocycles. The van der Waals surface area contributed by atoms with Crippen LogP contribution in [0.1, 0.15) is 207 Å². The molecule has 416 valence electrons. The SMILES string of the molecule is Cc1cc2c3c(c1)N(c1ccc(C(C)(C)c4ccc(C(C)C)cc4)cc1)c1ccc(C(C)(C)c4ccc(C(C)C)cc4)cc1B3c1cc(C(C)(C)c3ccc(C(C)C)cc3)ccc1N2c1ccc(C(C)(C)c2ccc(C(C)C)cc2)cc1. The van der Waals surface area contributed by atoms with Crippen LogP contribution in [0.4, 0.5) is 34.1 Å². The second kappa shape index (κ2) is 21.1. The van der Waals surface area contributed by atoms with Crippen molar-refractivity contribution in [3.05, 3.63) is 266 Å². The predicted molar refractivity (Wildman–Crippen MR) is 356 cm³/mol. The van der Waals surface area contributed by atoms with Gasteiger partial charge in [-0.05, 0) is 168 Å². The summed E-state index contributed by atoms with van der Waals surface area (Å²) in [5.41, 5.74) is 27.5. The molecule has 0 bridgehead atoms. The maximum absolute atomic E-state index is 2.59. The van der Waals surface area contributed by atoms with Crippen molar-refractivity contribution in [3.8, 4) is 0 Å². The van der Waals surface area contributed by atoms with Crippen LogP contribution in [0.15, 0.2) is 194 Å². The Hall–Kier alpha value is -7.36. The van der Waals surface area contributed by atoms with Crippen molar-refractivity contribution in [2.75, 3.05) is 9.80 Å². The van der Waals surface area contributed by atoms with Crippen LogP contribution in [0.2, 0.25) is 0 Å². The van der Waals surface area contributed by atoms with Gasteiger partial charge in [0.1, 0.15) is 0 Å². The van der Waals surface area contributed by atoms with Crippen LogP contribution in [0.3, 0.4) is 0 Å². The van der Waals surface area contributed by atoms with E-state index >= 15 is 0 Å². The summed E-state index contributed by atoms with van der Waals surface area (Å²) in [4.78, 5) is 5.17. The Morgan fingerprint density at radius 1 is 0.280 bits per heavy atom. The molecule has 0 amide bonds. The number of benzene rings is 9. The molecule has 2 heterocycles. The minimum absolute atomic E-state index is 0.0553. The molecule has 2 nitrogen and oxygen atoms in total. The van der Waals surface area contributed by atoms with Gasteiger partial charge >= 0.3 is 0 Å². The molecule has 0 radical (unpaired) electrons. The Balaban J connectivity index is 1.13. The van der Waals surface area contributed by atoms with Gasteiger partial charge in [-0.1, -0.05) is 256 Å². The predicted octanol–water partition coefficient (Wildman–Crippen LogP) is 19.9. The number of nitrogens with zero attached hydrogens (tertiary/aromatic N) is 2. The highest BCUT2D eigenvalue weighted by Gasteiger charge is 2.45. The monoisotopic (exact) mass is 1070 g/mol. The quantitative estimate of drug-likeness (QED) is 0.100. The molecule has 0 spiro atoms. The first kappa shape index (κ1) is 56.5. The van der Waals surface area contributed by atoms with E-state index < -0.39 is 0 Å². The van der Waals surface area contributed by atoms with Crippen molar-refractivity contribution >= 4 is 57.2 Å². The zero-order chi connectivity index (χ0) is 58.4. The van der Waals surface area contributed by atoms with Gasteiger partial charge in [0.15, 0.2) is 0 Å². The fraction of sp³-hybridized carbons (Fsp3) is 0.316. The number of aryl methyl sites for hydroxylation is 1. The molecule has 82 heavy (non-hydrogen) atoms. The van der Waals surface area contributed by atoms with Gasteiger partial charge in [0.2, 0.25) is 0 Å². The van der Waals surface area contributed by atoms with E-state index in [1.54, 1.807) is 0 Å². The van der Waals surface area contributed by atoms with Crippen LogP contribution in [-0.4, -0.2) is 6.71 Å². The van der Waals surface area contributed by atoms with Crippen LogP contribution in [-0.2, 0) is 21.7 Å². The minimum atomic E-state index is -0.270. The van der Waals surface area contributed by atoms with Crippen LogP contribution < -0.4 is 26.2 Å². The van der Waals surface area contributed by atoms with Gasteiger partial charge in [0.25, 0.3) is 6.71 Å². The zero-order valence-corrected chi connectivity index (χ0v) is 52.3. The molecule has 3 heteroatoms. The maximum Gasteiger partial charge on any atom is 0.252 e. The molecular weight excluding hydrogens is 988 g/mol. The number of hydrogen-bond donors (Lipinski definition) is 0. The van der Waals surface area contributed by atoms with Gasteiger partial charge in [-0.3, -0.25) is 0 Å². The molecule has 9 aromatic rings. The standard InChI is InChI=1S/C79H87BN2/c1-50(2)55-18-26-59(27-19-55)76(10,11)63-34-40-67(41-35-63)81-71-44-38-65(78(14,15)61-30-22-57(23-31-61)52(5)6)48-69(71)80-70-49-66(79(16,17)62-32-24-58(25-33-62)53(7)8)39-45-72(70)82(74-47-54(9)46-73(81)75(74)80)68-42-36-64(37-43-68)77(12,13)60-28-20-56(21-29-60)51(3)4/h18-53H,1-17H3. The normalized spacial score (nSPS) is 13.5. The zero-order valence-electron chi connectivity index (χ0n) is 52.3. The number of rotatable bonds is 14. The van der Waals surface area contributed by atoms with E-state index in [1.165, 1.54) is 111 Å². The maximum atomic E-state index is 2.59. The Labute approximate surface area is 493 Å². The van der Waals surface area contributed by atoms with Crippen molar-refractivity contribution in [1.82, 2.24) is 0 Å². The summed E-state index contributed by atoms with van der Waals surface area (Å²) < 4.78 is 0. The fourth-order valence-corrected chi connectivity index (χ4v) is 13.3. The molecule has 0 aliphatic carbocycles. The van der Waals surface area contributed by atoms with Crippen molar-refractivity contribution in [3.63, 3.8) is 0 Å². The number of anilines is 6. The van der Waals surface area contributed by atoms with Gasteiger partial charge in [-0.25, -0.2) is 0 Å². The van der Waals surface area contributed by atoms with E-state index in [-0.39, 0.29) is 28.4 Å². The minimum Gasteiger partial charge on any atom is -0.311 e. The third-order valence-corrected chi connectivity index (χ3v) is 19.5.